The number of benzene rings is 1. The highest BCUT2D eigenvalue weighted by Gasteiger charge is 2.06. The fraction of sp³-hybridized carbons (Fsp3) is 0.222. The molecule has 0 spiro atoms. The van der Waals surface area contributed by atoms with Crippen LogP contribution in [0, 0.1) is 0 Å². The van der Waals surface area contributed by atoms with E-state index in [-0.39, 0.29) is 16.7 Å². The minimum atomic E-state index is -1.18. The molecule has 1 aromatic rings. The van der Waals surface area contributed by atoms with Crippen molar-refractivity contribution < 1.29 is 18.7 Å². The van der Waals surface area contributed by atoms with Crippen molar-refractivity contribution >= 4 is 5.97 Å². The topological polar surface area (TPSA) is 37.3 Å². The van der Waals surface area contributed by atoms with E-state index in [0.29, 0.717) is 0 Å². The Morgan fingerprint density at radius 2 is 1.62 bits per heavy atom. The monoisotopic (exact) mass is 186 g/mol. The molecule has 0 heterocycles. The van der Waals surface area contributed by atoms with Crippen LogP contribution in [0.1, 0.15) is 21.5 Å². The van der Waals surface area contributed by atoms with Crippen LogP contribution in [0.5, 0.6) is 0 Å². The van der Waals surface area contributed by atoms with Gasteiger partial charge in [0.25, 0.3) is 0 Å². The number of aromatic carboxylic acids is 1. The SMILES string of the molecule is O=C(O)c1cc(CF)cc(CF)c1. The van der Waals surface area contributed by atoms with Gasteiger partial charge in [0.2, 0.25) is 0 Å². The maximum Gasteiger partial charge on any atom is 0.335 e. The lowest BCUT2D eigenvalue weighted by molar-refractivity contribution is 0.0696. The Morgan fingerprint density at radius 3 is 1.92 bits per heavy atom. The Kier molecular flexibility index (Phi) is 2.95. The Morgan fingerprint density at radius 1 is 1.15 bits per heavy atom. The molecule has 1 rings (SSSR count). The molecule has 0 amide bonds. The molecule has 0 unspecified atom stereocenters. The summed E-state index contributed by atoms with van der Waals surface area (Å²) in [6.45, 7) is -1.57. The molecule has 0 atom stereocenters. The predicted molar refractivity (Wildman–Crippen MR) is 43.0 cm³/mol. The minimum Gasteiger partial charge on any atom is -0.478 e. The van der Waals surface area contributed by atoms with E-state index in [9.17, 15) is 13.6 Å². The van der Waals surface area contributed by atoms with Crippen LogP contribution in [0.15, 0.2) is 18.2 Å². The van der Waals surface area contributed by atoms with Crippen LogP contribution in [-0.4, -0.2) is 11.1 Å². The van der Waals surface area contributed by atoms with E-state index in [1.807, 2.05) is 0 Å². The number of rotatable bonds is 3. The second kappa shape index (κ2) is 3.98. The van der Waals surface area contributed by atoms with Gasteiger partial charge in [-0.05, 0) is 23.3 Å². The Hall–Kier alpha value is -1.45. The Bertz CT molecular complexity index is 301. The first-order chi connectivity index (χ1) is 6.17. The minimum absolute atomic E-state index is 0.0807. The van der Waals surface area contributed by atoms with Gasteiger partial charge >= 0.3 is 5.97 Å². The van der Waals surface area contributed by atoms with Gasteiger partial charge in [-0.15, -0.1) is 0 Å². The fourth-order valence-electron chi connectivity index (χ4n) is 1.04. The number of alkyl halides is 2. The van der Waals surface area contributed by atoms with Gasteiger partial charge in [-0.2, -0.15) is 0 Å². The molecule has 2 nitrogen and oxygen atoms in total. The van der Waals surface area contributed by atoms with E-state index in [2.05, 4.69) is 0 Å². The highest BCUT2D eigenvalue weighted by atomic mass is 19.1. The second-order valence-electron chi connectivity index (χ2n) is 2.61. The molecule has 0 aromatic heterocycles. The molecule has 0 bridgehead atoms. The predicted octanol–water partition coefficient (Wildman–Crippen LogP) is 2.32. The number of halogens is 2. The van der Waals surface area contributed by atoms with Crippen LogP contribution in [0.3, 0.4) is 0 Å². The third-order valence-electron chi connectivity index (χ3n) is 1.61. The van der Waals surface area contributed by atoms with Gasteiger partial charge in [-0.3, -0.25) is 0 Å². The van der Waals surface area contributed by atoms with Gasteiger partial charge in [-0.1, -0.05) is 6.07 Å². The van der Waals surface area contributed by atoms with Crippen molar-refractivity contribution in [1.82, 2.24) is 0 Å². The zero-order valence-corrected chi connectivity index (χ0v) is 6.76. The first kappa shape index (κ1) is 9.64. The van der Waals surface area contributed by atoms with Crippen LogP contribution >= 0.6 is 0 Å². The number of carbonyl (C=O) groups is 1. The van der Waals surface area contributed by atoms with Gasteiger partial charge in [0.1, 0.15) is 13.3 Å². The molecule has 0 radical (unpaired) electrons. The normalized spacial score (nSPS) is 10.0. The van der Waals surface area contributed by atoms with Gasteiger partial charge in [0, 0.05) is 0 Å². The quantitative estimate of drug-likeness (QED) is 0.786. The molecule has 1 N–H and O–H groups in total. The molecular weight excluding hydrogens is 178 g/mol. The Balaban J connectivity index is 3.14. The van der Waals surface area contributed by atoms with Crippen molar-refractivity contribution in [2.24, 2.45) is 0 Å². The Labute approximate surface area is 73.8 Å². The van der Waals surface area contributed by atoms with Gasteiger partial charge in [0.15, 0.2) is 0 Å². The molecule has 1 aromatic carbocycles. The summed E-state index contributed by atoms with van der Waals surface area (Å²) in [6.07, 6.45) is 0. The summed E-state index contributed by atoms with van der Waals surface area (Å²) >= 11 is 0. The molecule has 13 heavy (non-hydrogen) atoms. The summed E-state index contributed by atoms with van der Waals surface area (Å²) in [4.78, 5) is 10.5. The average molecular weight is 186 g/mol. The number of hydrogen-bond acceptors (Lipinski definition) is 1. The number of carboxylic acids is 1. The molecular formula is C9H8F2O2. The van der Waals surface area contributed by atoms with Crippen LogP contribution in [0.2, 0.25) is 0 Å². The highest BCUT2D eigenvalue weighted by Crippen LogP contribution is 2.12. The summed E-state index contributed by atoms with van der Waals surface area (Å²) in [5, 5.41) is 8.58. The van der Waals surface area contributed by atoms with Gasteiger partial charge < -0.3 is 5.11 Å². The van der Waals surface area contributed by atoms with Crippen molar-refractivity contribution in [1.29, 1.82) is 0 Å². The summed E-state index contributed by atoms with van der Waals surface area (Å²) in [5.41, 5.74) is 0.294. The van der Waals surface area contributed by atoms with Crippen molar-refractivity contribution in [3.63, 3.8) is 0 Å². The number of carboxylic acid groups (broad SMARTS) is 1. The summed E-state index contributed by atoms with van der Waals surface area (Å²) in [5.74, 6) is -1.18. The first-order valence-electron chi connectivity index (χ1n) is 3.65. The maximum atomic E-state index is 12.2. The van der Waals surface area contributed by atoms with E-state index in [1.165, 1.54) is 18.2 Å². The van der Waals surface area contributed by atoms with Crippen LogP contribution in [0.4, 0.5) is 8.78 Å². The molecule has 0 aliphatic carbocycles. The molecule has 4 heteroatoms. The molecule has 0 aliphatic rings. The lowest BCUT2D eigenvalue weighted by atomic mass is 10.1. The van der Waals surface area contributed by atoms with E-state index in [1.54, 1.807) is 0 Å². The molecule has 0 fully saturated rings. The number of hydrogen-bond donors (Lipinski definition) is 1. The second-order valence-corrected chi connectivity index (χ2v) is 2.61. The van der Waals surface area contributed by atoms with Crippen LogP contribution < -0.4 is 0 Å². The standard InChI is InChI=1S/C9H8F2O2/c10-4-6-1-7(5-11)3-8(2-6)9(12)13/h1-3H,4-5H2,(H,12,13). The lowest BCUT2D eigenvalue weighted by Gasteiger charge is -2.01. The van der Waals surface area contributed by atoms with Gasteiger partial charge in [-0.25, -0.2) is 13.6 Å². The lowest BCUT2D eigenvalue weighted by Crippen LogP contribution is -1.98. The molecule has 70 valence electrons. The van der Waals surface area contributed by atoms with Crippen LogP contribution in [0.25, 0.3) is 0 Å². The van der Waals surface area contributed by atoms with Crippen molar-refractivity contribution in [3.8, 4) is 0 Å². The first-order valence-corrected chi connectivity index (χ1v) is 3.65. The zero-order valence-electron chi connectivity index (χ0n) is 6.76. The smallest absolute Gasteiger partial charge is 0.335 e. The van der Waals surface area contributed by atoms with E-state index in [4.69, 9.17) is 5.11 Å². The van der Waals surface area contributed by atoms with E-state index in [0.717, 1.165) is 0 Å². The maximum absolute atomic E-state index is 12.2. The van der Waals surface area contributed by atoms with Crippen molar-refractivity contribution in [3.05, 3.63) is 34.9 Å². The van der Waals surface area contributed by atoms with Crippen LogP contribution in [-0.2, 0) is 13.3 Å². The van der Waals surface area contributed by atoms with Gasteiger partial charge in [0.05, 0.1) is 5.56 Å². The molecule has 0 saturated heterocycles. The largest absolute Gasteiger partial charge is 0.478 e. The molecule has 0 aliphatic heterocycles. The summed E-state index contributed by atoms with van der Waals surface area (Å²) in [6, 6.07) is 3.70. The fourth-order valence-corrected chi connectivity index (χ4v) is 1.04. The van der Waals surface area contributed by atoms with Crippen molar-refractivity contribution in [2.75, 3.05) is 0 Å². The average Bonchev–Trinajstić information content (AvgIpc) is 2.16. The molecule has 0 saturated carbocycles. The van der Waals surface area contributed by atoms with E-state index >= 15 is 0 Å². The van der Waals surface area contributed by atoms with Crippen molar-refractivity contribution in [2.45, 2.75) is 13.3 Å². The third kappa shape index (κ3) is 2.24. The third-order valence-corrected chi connectivity index (χ3v) is 1.61. The van der Waals surface area contributed by atoms with E-state index < -0.39 is 19.3 Å². The summed E-state index contributed by atoms with van der Waals surface area (Å²) < 4.78 is 24.3. The summed E-state index contributed by atoms with van der Waals surface area (Å²) in [7, 11) is 0. The highest BCUT2D eigenvalue weighted by molar-refractivity contribution is 5.88. The zero-order chi connectivity index (χ0) is 9.84.